The molecule has 0 aliphatic heterocycles. The van der Waals surface area contributed by atoms with Gasteiger partial charge >= 0.3 is 0 Å². The molecular formula is C12H22N2OS. The van der Waals surface area contributed by atoms with E-state index in [-0.39, 0.29) is 0 Å². The second-order valence-electron chi connectivity index (χ2n) is 5.23. The first kappa shape index (κ1) is 13.6. The summed E-state index contributed by atoms with van der Waals surface area (Å²) in [7, 11) is 0. The van der Waals surface area contributed by atoms with Crippen LogP contribution in [0, 0.1) is 5.92 Å². The lowest BCUT2D eigenvalue weighted by atomic mass is 10.1. The molecule has 1 aromatic heterocycles. The van der Waals surface area contributed by atoms with Gasteiger partial charge in [-0.05, 0) is 19.8 Å². The van der Waals surface area contributed by atoms with Crippen LogP contribution < -0.4 is 5.32 Å². The SMILES string of the molecule is CC(C)Cc1ncc(CNCC(C)(C)O)s1. The molecule has 0 radical (unpaired) electrons. The average Bonchev–Trinajstić information content (AvgIpc) is 2.49. The van der Waals surface area contributed by atoms with Gasteiger partial charge in [0.2, 0.25) is 0 Å². The third-order valence-corrected chi connectivity index (χ3v) is 3.06. The Morgan fingerprint density at radius 3 is 2.75 bits per heavy atom. The van der Waals surface area contributed by atoms with Crippen molar-refractivity contribution in [3.05, 3.63) is 16.1 Å². The lowest BCUT2D eigenvalue weighted by molar-refractivity contribution is 0.0796. The third kappa shape index (κ3) is 5.58. The largest absolute Gasteiger partial charge is 0.389 e. The van der Waals surface area contributed by atoms with Crippen molar-refractivity contribution in [2.75, 3.05) is 6.54 Å². The molecule has 92 valence electrons. The van der Waals surface area contributed by atoms with Crippen LogP contribution in [0.1, 0.15) is 37.6 Å². The normalized spacial score (nSPS) is 12.4. The second-order valence-corrected chi connectivity index (χ2v) is 6.43. The Labute approximate surface area is 102 Å². The first-order chi connectivity index (χ1) is 7.37. The summed E-state index contributed by atoms with van der Waals surface area (Å²) in [5.74, 6) is 0.656. The highest BCUT2D eigenvalue weighted by Crippen LogP contribution is 2.16. The molecule has 4 heteroatoms. The van der Waals surface area contributed by atoms with Crippen LogP contribution in [-0.4, -0.2) is 22.2 Å². The molecule has 3 nitrogen and oxygen atoms in total. The zero-order chi connectivity index (χ0) is 12.2. The molecule has 0 bridgehead atoms. The molecule has 0 atom stereocenters. The zero-order valence-corrected chi connectivity index (χ0v) is 11.4. The van der Waals surface area contributed by atoms with Crippen LogP contribution in [0.3, 0.4) is 0 Å². The number of thiazole rings is 1. The lowest BCUT2D eigenvalue weighted by Gasteiger charge is -2.16. The standard InChI is InChI=1S/C12H22N2OS/c1-9(2)5-11-14-7-10(16-11)6-13-8-12(3,4)15/h7,9,13,15H,5-6,8H2,1-4H3. The van der Waals surface area contributed by atoms with Crippen LogP contribution in [0.15, 0.2) is 6.20 Å². The van der Waals surface area contributed by atoms with Gasteiger partial charge in [0.15, 0.2) is 0 Å². The van der Waals surface area contributed by atoms with Crippen LogP contribution in [0.4, 0.5) is 0 Å². The van der Waals surface area contributed by atoms with Crippen molar-refractivity contribution >= 4 is 11.3 Å². The minimum absolute atomic E-state index is 0.602. The Kier molecular flexibility index (Phi) is 4.89. The van der Waals surface area contributed by atoms with Gasteiger partial charge in [0.25, 0.3) is 0 Å². The molecule has 0 saturated heterocycles. The number of aromatic nitrogens is 1. The second kappa shape index (κ2) is 5.75. The topological polar surface area (TPSA) is 45.2 Å². The highest BCUT2D eigenvalue weighted by molar-refractivity contribution is 7.11. The van der Waals surface area contributed by atoms with Gasteiger partial charge in [-0.2, -0.15) is 0 Å². The molecule has 0 saturated carbocycles. The van der Waals surface area contributed by atoms with E-state index in [9.17, 15) is 5.11 Å². The zero-order valence-electron chi connectivity index (χ0n) is 10.6. The number of hydrogen-bond donors (Lipinski definition) is 2. The minimum atomic E-state index is -0.647. The molecule has 0 fully saturated rings. The van der Waals surface area contributed by atoms with Crippen LogP contribution in [0.2, 0.25) is 0 Å². The van der Waals surface area contributed by atoms with Crippen molar-refractivity contribution < 1.29 is 5.11 Å². The minimum Gasteiger partial charge on any atom is -0.389 e. The van der Waals surface area contributed by atoms with Crippen molar-refractivity contribution in [1.82, 2.24) is 10.3 Å². The molecule has 2 N–H and O–H groups in total. The molecule has 0 aliphatic rings. The van der Waals surface area contributed by atoms with Crippen molar-refractivity contribution in [1.29, 1.82) is 0 Å². The van der Waals surface area contributed by atoms with Gasteiger partial charge in [0.05, 0.1) is 10.6 Å². The van der Waals surface area contributed by atoms with Gasteiger partial charge in [0, 0.05) is 30.6 Å². The van der Waals surface area contributed by atoms with E-state index in [2.05, 4.69) is 24.1 Å². The van der Waals surface area contributed by atoms with E-state index in [1.807, 2.05) is 6.20 Å². The molecule has 0 aliphatic carbocycles. The first-order valence-electron chi connectivity index (χ1n) is 5.73. The van der Waals surface area contributed by atoms with E-state index in [1.54, 1.807) is 25.2 Å². The Bertz CT molecular complexity index is 315. The number of nitrogens with one attached hydrogen (secondary N) is 1. The molecule has 16 heavy (non-hydrogen) atoms. The molecular weight excluding hydrogens is 220 g/mol. The quantitative estimate of drug-likeness (QED) is 0.804. The van der Waals surface area contributed by atoms with Gasteiger partial charge in [-0.25, -0.2) is 4.98 Å². The van der Waals surface area contributed by atoms with E-state index in [0.29, 0.717) is 12.5 Å². The summed E-state index contributed by atoms with van der Waals surface area (Å²) in [5.41, 5.74) is -0.647. The third-order valence-electron chi connectivity index (χ3n) is 2.04. The van der Waals surface area contributed by atoms with Gasteiger partial charge in [-0.1, -0.05) is 13.8 Å². The van der Waals surface area contributed by atoms with Crippen LogP contribution in [0.5, 0.6) is 0 Å². The summed E-state index contributed by atoms with van der Waals surface area (Å²) in [6, 6.07) is 0. The maximum absolute atomic E-state index is 9.55. The first-order valence-corrected chi connectivity index (χ1v) is 6.55. The van der Waals surface area contributed by atoms with E-state index in [0.717, 1.165) is 13.0 Å². The summed E-state index contributed by atoms with van der Waals surface area (Å²) in [5, 5.41) is 14.0. The van der Waals surface area contributed by atoms with Gasteiger partial charge < -0.3 is 10.4 Å². The van der Waals surface area contributed by atoms with Crippen LogP contribution >= 0.6 is 11.3 Å². The predicted octanol–water partition coefficient (Wildman–Crippen LogP) is 2.20. The Morgan fingerprint density at radius 1 is 1.50 bits per heavy atom. The summed E-state index contributed by atoms with van der Waals surface area (Å²) >= 11 is 1.76. The Morgan fingerprint density at radius 2 is 2.19 bits per heavy atom. The average molecular weight is 242 g/mol. The Hall–Kier alpha value is -0.450. The molecule has 0 amide bonds. The smallest absolute Gasteiger partial charge is 0.0930 e. The molecule has 1 rings (SSSR count). The number of hydrogen-bond acceptors (Lipinski definition) is 4. The van der Waals surface area contributed by atoms with Crippen molar-refractivity contribution in [2.24, 2.45) is 5.92 Å². The fraction of sp³-hybridized carbons (Fsp3) is 0.750. The highest BCUT2D eigenvalue weighted by Gasteiger charge is 2.11. The molecule has 1 aromatic rings. The van der Waals surface area contributed by atoms with Crippen molar-refractivity contribution in [2.45, 2.75) is 46.3 Å². The number of nitrogens with zero attached hydrogens (tertiary/aromatic N) is 1. The van der Waals surface area contributed by atoms with Crippen molar-refractivity contribution in [3.63, 3.8) is 0 Å². The molecule has 0 aromatic carbocycles. The molecule has 1 heterocycles. The van der Waals surface area contributed by atoms with Gasteiger partial charge in [-0.3, -0.25) is 0 Å². The fourth-order valence-electron chi connectivity index (χ4n) is 1.36. The van der Waals surface area contributed by atoms with E-state index < -0.39 is 5.60 Å². The Balaban J connectivity index is 2.35. The molecule has 0 unspecified atom stereocenters. The monoisotopic (exact) mass is 242 g/mol. The predicted molar refractivity (Wildman–Crippen MR) is 68.7 cm³/mol. The van der Waals surface area contributed by atoms with Crippen molar-refractivity contribution in [3.8, 4) is 0 Å². The highest BCUT2D eigenvalue weighted by atomic mass is 32.1. The number of aliphatic hydroxyl groups is 1. The summed E-state index contributed by atoms with van der Waals surface area (Å²) in [6.45, 7) is 9.40. The lowest BCUT2D eigenvalue weighted by Crippen LogP contribution is -2.34. The van der Waals surface area contributed by atoms with Crippen LogP contribution in [0.25, 0.3) is 0 Å². The van der Waals surface area contributed by atoms with Gasteiger partial charge in [-0.15, -0.1) is 11.3 Å². The maximum atomic E-state index is 9.55. The number of rotatable bonds is 6. The van der Waals surface area contributed by atoms with Crippen LogP contribution in [-0.2, 0) is 13.0 Å². The van der Waals surface area contributed by atoms with E-state index in [1.165, 1.54) is 9.88 Å². The summed E-state index contributed by atoms with van der Waals surface area (Å²) < 4.78 is 0. The van der Waals surface area contributed by atoms with Gasteiger partial charge in [0.1, 0.15) is 0 Å². The summed E-state index contributed by atoms with van der Waals surface area (Å²) in [6.07, 6.45) is 2.98. The van der Waals surface area contributed by atoms with E-state index >= 15 is 0 Å². The fourth-order valence-corrected chi connectivity index (χ4v) is 2.47. The van der Waals surface area contributed by atoms with E-state index in [4.69, 9.17) is 0 Å². The maximum Gasteiger partial charge on any atom is 0.0930 e. The molecule has 0 spiro atoms. The summed E-state index contributed by atoms with van der Waals surface area (Å²) in [4.78, 5) is 5.62.